The summed E-state index contributed by atoms with van der Waals surface area (Å²) in [5, 5.41) is 29.8. The number of methoxy groups -OCH3 is 1. The third-order valence-electron chi connectivity index (χ3n) is 9.30. The minimum absolute atomic E-state index is 0.0353. The molecule has 0 saturated heterocycles. The number of para-hydroxylation sites is 1. The Morgan fingerprint density at radius 2 is 1.80 bits per heavy atom. The quantitative estimate of drug-likeness (QED) is 0.132. The number of ketones is 1. The zero-order valence-electron chi connectivity index (χ0n) is 29.2. The Hall–Kier alpha value is -5.58. The van der Waals surface area contributed by atoms with Crippen LogP contribution in [0.4, 0.5) is 0 Å². The molecule has 1 aliphatic rings. The first-order chi connectivity index (χ1) is 24.6. The molecule has 11 heteroatoms. The molecule has 5 rings (SSSR count). The third-order valence-corrected chi connectivity index (χ3v) is 9.30. The van der Waals surface area contributed by atoms with Crippen LogP contribution in [-0.4, -0.2) is 65.1 Å². The van der Waals surface area contributed by atoms with Crippen LogP contribution >= 0.6 is 0 Å². The second-order valence-electron chi connectivity index (χ2n) is 12.9. The Bertz CT molecular complexity index is 1910. The molecular weight excluding hydrogens is 650 g/mol. The van der Waals surface area contributed by atoms with Gasteiger partial charge in [0.05, 0.1) is 13.2 Å². The molecule has 1 aromatic heterocycles. The van der Waals surface area contributed by atoms with Gasteiger partial charge in [-0.25, -0.2) is 4.79 Å². The van der Waals surface area contributed by atoms with Gasteiger partial charge in [-0.1, -0.05) is 42.5 Å². The second kappa shape index (κ2) is 16.9. The summed E-state index contributed by atoms with van der Waals surface area (Å²) in [6.07, 6.45) is 7.66. The normalized spacial score (nSPS) is 16.7. The average Bonchev–Trinajstić information content (AvgIpc) is 3.52. The van der Waals surface area contributed by atoms with Crippen LogP contribution in [0.25, 0.3) is 17.0 Å². The number of carbonyl (C=O) groups is 4. The van der Waals surface area contributed by atoms with Gasteiger partial charge >= 0.3 is 5.97 Å². The zero-order valence-corrected chi connectivity index (χ0v) is 29.2. The fraction of sp³-hybridized carbons (Fsp3) is 0.350. The number of rotatable bonds is 9. The van der Waals surface area contributed by atoms with Gasteiger partial charge in [-0.3, -0.25) is 14.4 Å². The Labute approximate surface area is 297 Å². The first kappa shape index (κ1) is 36.7. The van der Waals surface area contributed by atoms with E-state index >= 15 is 0 Å². The predicted octanol–water partition coefficient (Wildman–Crippen LogP) is 6.07. The van der Waals surface area contributed by atoms with E-state index in [2.05, 4.69) is 15.6 Å². The molecule has 51 heavy (non-hydrogen) atoms. The maximum atomic E-state index is 13.9. The summed E-state index contributed by atoms with van der Waals surface area (Å²) in [6, 6.07) is 14.9. The predicted molar refractivity (Wildman–Crippen MR) is 194 cm³/mol. The van der Waals surface area contributed by atoms with Gasteiger partial charge in [0, 0.05) is 61.3 Å². The molecule has 268 valence electrons. The number of hydrogen-bond acceptors (Lipinski definition) is 8. The van der Waals surface area contributed by atoms with Crippen LogP contribution in [0, 0.1) is 0 Å². The first-order valence-electron chi connectivity index (χ1n) is 17.3. The highest BCUT2D eigenvalue weighted by Gasteiger charge is 2.32. The van der Waals surface area contributed by atoms with Crippen LogP contribution in [-0.2, 0) is 25.5 Å². The number of benzene rings is 3. The summed E-state index contributed by atoms with van der Waals surface area (Å²) in [4.78, 5) is 56.0. The van der Waals surface area contributed by atoms with Gasteiger partial charge in [-0.15, -0.1) is 0 Å². The molecule has 1 aliphatic heterocycles. The van der Waals surface area contributed by atoms with Crippen molar-refractivity contribution in [3.8, 4) is 17.2 Å². The lowest BCUT2D eigenvalue weighted by atomic mass is 9.84. The van der Waals surface area contributed by atoms with E-state index in [0.717, 1.165) is 16.5 Å². The maximum absolute atomic E-state index is 13.9. The number of amides is 2. The maximum Gasteiger partial charge on any atom is 0.342 e. The van der Waals surface area contributed by atoms with E-state index < -0.39 is 35.7 Å². The van der Waals surface area contributed by atoms with Crippen molar-refractivity contribution in [2.24, 2.45) is 0 Å². The van der Waals surface area contributed by atoms with Crippen LogP contribution in [0.5, 0.6) is 17.2 Å². The highest BCUT2D eigenvalue weighted by atomic mass is 16.5. The number of aromatic hydroxyl groups is 2. The molecule has 11 nitrogen and oxygen atoms in total. The van der Waals surface area contributed by atoms with Crippen molar-refractivity contribution >= 4 is 40.5 Å². The van der Waals surface area contributed by atoms with E-state index in [4.69, 9.17) is 9.47 Å². The van der Waals surface area contributed by atoms with Crippen LogP contribution in [0.3, 0.4) is 0 Å². The topological polar surface area (TPSA) is 167 Å². The molecule has 1 unspecified atom stereocenters. The van der Waals surface area contributed by atoms with Crippen LogP contribution in [0.2, 0.25) is 0 Å². The molecule has 5 N–H and O–H groups in total. The average molecular weight is 696 g/mol. The van der Waals surface area contributed by atoms with Crippen molar-refractivity contribution in [2.75, 3.05) is 14.2 Å². The summed E-state index contributed by atoms with van der Waals surface area (Å²) < 4.78 is 11.1. The van der Waals surface area contributed by atoms with Gasteiger partial charge in [0.15, 0.2) is 0 Å². The molecule has 0 bridgehead atoms. The highest BCUT2D eigenvalue weighted by molar-refractivity contribution is 5.98. The van der Waals surface area contributed by atoms with Gasteiger partial charge in [-0.05, 0) is 73.6 Å². The molecule has 3 atom stereocenters. The number of allylic oxidation sites excluding steroid dienone is 1. The Morgan fingerprint density at radius 1 is 1.06 bits per heavy atom. The molecule has 2 amide bonds. The van der Waals surface area contributed by atoms with Crippen LogP contribution in [0.1, 0.15) is 90.4 Å². The lowest BCUT2D eigenvalue weighted by Crippen LogP contribution is -2.47. The molecule has 3 aromatic carbocycles. The van der Waals surface area contributed by atoms with Crippen molar-refractivity contribution in [2.45, 2.75) is 76.4 Å². The number of likely N-dealkylation sites (N-methyl/N-ethyl adjacent to an activating group) is 1. The lowest BCUT2D eigenvalue weighted by Gasteiger charge is -2.24. The molecular formula is C40H45N3O8. The van der Waals surface area contributed by atoms with Crippen molar-refractivity contribution in [3.05, 3.63) is 94.7 Å². The summed E-state index contributed by atoms with van der Waals surface area (Å²) in [5.74, 6) is -2.77. The molecule has 0 radical (unpaired) electrons. The minimum atomic E-state index is -0.951. The van der Waals surface area contributed by atoms with Crippen LogP contribution < -0.4 is 15.4 Å². The molecule has 0 spiro atoms. The van der Waals surface area contributed by atoms with Gasteiger partial charge in [-0.2, -0.15) is 0 Å². The number of nitrogens with one attached hydrogen (secondary N) is 3. The number of carbonyl (C=O) groups excluding carboxylic acids is 4. The number of aromatic nitrogens is 1. The summed E-state index contributed by atoms with van der Waals surface area (Å²) in [7, 11) is 3.02. The van der Waals surface area contributed by atoms with Gasteiger partial charge in [0.25, 0.3) is 0 Å². The fourth-order valence-corrected chi connectivity index (χ4v) is 6.58. The Balaban J connectivity index is 1.52. The number of phenols is 2. The van der Waals surface area contributed by atoms with E-state index in [0.29, 0.717) is 49.8 Å². The first-order valence-corrected chi connectivity index (χ1v) is 17.3. The summed E-state index contributed by atoms with van der Waals surface area (Å²) >= 11 is 0. The van der Waals surface area contributed by atoms with Gasteiger partial charge < -0.3 is 35.3 Å². The van der Waals surface area contributed by atoms with Crippen molar-refractivity contribution < 1.29 is 38.9 Å². The number of cyclic esters (lactones) is 1. The van der Waals surface area contributed by atoms with Gasteiger partial charge in [0.1, 0.15) is 34.6 Å². The molecule has 0 fully saturated rings. The van der Waals surface area contributed by atoms with E-state index in [1.807, 2.05) is 30.5 Å². The standard InChI is InChI=1S/C40H45N3O8/c1-24-10-9-13-28(44)12-6-4-5-11-26-21-34(45)37(38(47)36(26)40(49)51-24)31(25-16-18-29(50-3)19-17-25)22-35(46)43-33(39(48)41-2)20-27-23-42-32-15-8-7-14-30(27)32/h5,7-8,11,14-19,21,23-24,31,33,42,45,47H,4,6,9-10,12-13,20,22H2,1-3H3,(H,41,48)(H,43,46)/t24-,31?,33+/m0/s1. The monoisotopic (exact) mass is 695 g/mol. The Kier molecular flexibility index (Phi) is 12.2. The number of aromatic amines is 1. The molecule has 4 aromatic rings. The number of ether oxygens (including phenoxy) is 2. The number of Topliss-reactive ketones (excluding diaryl/α,β-unsaturated/α-hetero) is 1. The van der Waals surface area contributed by atoms with E-state index in [9.17, 15) is 29.4 Å². The third kappa shape index (κ3) is 8.97. The van der Waals surface area contributed by atoms with E-state index in [-0.39, 0.29) is 47.0 Å². The summed E-state index contributed by atoms with van der Waals surface area (Å²) in [6.45, 7) is 1.73. The Morgan fingerprint density at radius 3 is 2.55 bits per heavy atom. The number of hydrogen-bond donors (Lipinski definition) is 5. The second-order valence-corrected chi connectivity index (χ2v) is 12.9. The molecule has 2 heterocycles. The number of phenolic OH excluding ortho intramolecular Hbond substituents is 2. The van der Waals surface area contributed by atoms with E-state index in [1.54, 1.807) is 43.3 Å². The number of H-pyrrole nitrogens is 1. The molecule has 0 aliphatic carbocycles. The highest BCUT2D eigenvalue weighted by Crippen LogP contribution is 2.44. The van der Waals surface area contributed by atoms with Crippen molar-refractivity contribution in [1.29, 1.82) is 0 Å². The number of fused-ring (bicyclic) bond motifs is 2. The van der Waals surface area contributed by atoms with Gasteiger partial charge in [0.2, 0.25) is 11.8 Å². The van der Waals surface area contributed by atoms with Crippen molar-refractivity contribution in [3.63, 3.8) is 0 Å². The van der Waals surface area contributed by atoms with Crippen LogP contribution in [0.15, 0.2) is 66.9 Å². The SMILES string of the molecule is CNC(=O)[C@@H](Cc1c[nH]c2ccccc12)NC(=O)CC(c1ccc(OC)cc1)c1c(O)cc2c(c1O)C(=O)O[C@@H](C)CCCC(=O)CCCC=C2. The summed E-state index contributed by atoms with van der Waals surface area (Å²) in [5.41, 5.74) is 2.37. The van der Waals surface area contributed by atoms with Crippen molar-refractivity contribution in [1.82, 2.24) is 15.6 Å². The lowest BCUT2D eigenvalue weighted by molar-refractivity contribution is -0.128. The largest absolute Gasteiger partial charge is 0.507 e. The minimum Gasteiger partial charge on any atom is -0.507 e. The smallest absolute Gasteiger partial charge is 0.342 e. The fourth-order valence-electron chi connectivity index (χ4n) is 6.58. The molecule has 0 saturated carbocycles. The van der Waals surface area contributed by atoms with E-state index in [1.165, 1.54) is 20.2 Å². The number of esters is 1. The zero-order chi connectivity index (χ0) is 36.5.